The fourth-order valence-corrected chi connectivity index (χ4v) is 2.81. The molecule has 0 aliphatic carbocycles. The summed E-state index contributed by atoms with van der Waals surface area (Å²) in [6.07, 6.45) is 3.63. The van der Waals surface area contributed by atoms with Gasteiger partial charge in [-0.2, -0.15) is 0 Å². The molecule has 2 N–H and O–H groups in total. The highest BCUT2D eigenvalue weighted by molar-refractivity contribution is 5.82. The molecule has 0 aromatic heterocycles. The monoisotopic (exact) mass is 290 g/mol. The minimum absolute atomic E-state index is 0.161. The van der Waals surface area contributed by atoms with Crippen molar-refractivity contribution in [2.45, 2.75) is 32.6 Å². The van der Waals surface area contributed by atoms with Gasteiger partial charge in [-0.1, -0.05) is 25.1 Å². The fraction of sp³-hybridized carbons (Fsp3) is 0.588. The summed E-state index contributed by atoms with van der Waals surface area (Å²) in [4.78, 5) is 12.4. The van der Waals surface area contributed by atoms with Crippen LogP contribution in [0.3, 0.4) is 0 Å². The lowest BCUT2D eigenvalue weighted by Gasteiger charge is -2.35. The van der Waals surface area contributed by atoms with Crippen LogP contribution in [0.5, 0.6) is 5.75 Å². The number of nitrogens with one attached hydrogen (secondary N) is 2. The van der Waals surface area contributed by atoms with Crippen LogP contribution in [0.25, 0.3) is 0 Å². The van der Waals surface area contributed by atoms with Crippen molar-refractivity contribution in [3.63, 3.8) is 0 Å². The molecule has 1 fully saturated rings. The molecule has 0 spiro atoms. The Morgan fingerprint density at radius 3 is 2.67 bits per heavy atom. The predicted octanol–water partition coefficient (Wildman–Crippen LogP) is 2.35. The van der Waals surface area contributed by atoms with Gasteiger partial charge < -0.3 is 15.4 Å². The average Bonchev–Trinajstić information content (AvgIpc) is 2.56. The molecule has 1 aromatic rings. The quantitative estimate of drug-likeness (QED) is 0.758. The highest BCUT2D eigenvalue weighted by atomic mass is 16.5. The molecule has 0 atom stereocenters. The van der Waals surface area contributed by atoms with Crippen molar-refractivity contribution < 1.29 is 9.53 Å². The predicted molar refractivity (Wildman–Crippen MR) is 84.4 cm³/mol. The summed E-state index contributed by atoms with van der Waals surface area (Å²) in [5, 5.41) is 6.41. The van der Waals surface area contributed by atoms with Crippen LogP contribution in [0.15, 0.2) is 30.3 Å². The number of para-hydroxylation sites is 1. The average molecular weight is 290 g/mol. The van der Waals surface area contributed by atoms with Crippen LogP contribution in [0, 0.1) is 5.41 Å². The van der Waals surface area contributed by atoms with Crippen LogP contribution in [0.1, 0.15) is 32.6 Å². The van der Waals surface area contributed by atoms with E-state index in [1.54, 1.807) is 0 Å². The first-order valence-corrected chi connectivity index (χ1v) is 7.94. The molecule has 4 heteroatoms. The maximum absolute atomic E-state index is 12.4. The smallest absolute Gasteiger partial charge is 0.226 e. The lowest BCUT2D eigenvalue weighted by molar-refractivity contribution is -0.132. The molecule has 1 aromatic carbocycles. The standard InChI is InChI=1S/C17H26N2O2/c1-2-17(9-12-18-13-10-17)16(20)19-11-6-14-21-15-7-4-3-5-8-15/h3-5,7-8,18H,2,6,9-14H2,1H3,(H,19,20). The Morgan fingerprint density at radius 1 is 1.29 bits per heavy atom. The topological polar surface area (TPSA) is 50.4 Å². The Kier molecular flexibility index (Phi) is 6.05. The molecule has 1 aliphatic heterocycles. The summed E-state index contributed by atoms with van der Waals surface area (Å²) < 4.78 is 5.62. The second-order valence-electron chi connectivity index (χ2n) is 5.65. The van der Waals surface area contributed by atoms with Gasteiger partial charge in [0, 0.05) is 6.54 Å². The number of ether oxygens (including phenoxy) is 1. The van der Waals surface area contributed by atoms with Crippen molar-refractivity contribution in [1.29, 1.82) is 0 Å². The van der Waals surface area contributed by atoms with E-state index in [0.29, 0.717) is 13.2 Å². The lowest BCUT2D eigenvalue weighted by Crippen LogP contribution is -2.47. The number of carbonyl (C=O) groups is 1. The Balaban J connectivity index is 1.67. The van der Waals surface area contributed by atoms with Crippen LogP contribution < -0.4 is 15.4 Å². The van der Waals surface area contributed by atoms with E-state index in [-0.39, 0.29) is 11.3 Å². The van der Waals surface area contributed by atoms with Crippen LogP contribution in [-0.4, -0.2) is 32.1 Å². The Morgan fingerprint density at radius 2 is 2.00 bits per heavy atom. The Hall–Kier alpha value is -1.55. The van der Waals surface area contributed by atoms with E-state index in [2.05, 4.69) is 17.6 Å². The largest absolute Gasteiger partial charge is 0.494 e. The first-order valence-electron chi connectivity index (χ1n) is 7.94. The van der Waals surface area contributed by atoms with E-state index in [0.717, 1.165) is 44.5 Å². The number of benzene rings is 1. The zero-order chi connectivity index (χ0) is 15.0. The van der Waals surface area contributed by atoms with Gasteiger partial charge in [-0.15, -0.1) is 0 Å². The third kappa shape index (κ3) is 4.46. The minimum atomic E-state index is -0.161. The minimum Gasteiger partial charge on any atom is -0.494 e. The molecule has 1 saturated heterocycles. The summed E-state index contributed by atoms with van der Waals surface area (Å²) >= 11 is 0. The molecule has 0 radical (unpaired) electrons. The van der Waals surface area contributed by atoms with Gasteiger partial charge in [0.05, 0.1) is 12.0 Å². The molecule has 21 heavy (non-hydrogen) atoms. The van der Waals surface area contributed by atoms with Crippen LogP contribution in [0.4, 0.5) is 0 Å². The third-order valence-electron chi connectivity index (χ3n) is 4.34. The van der Waals surface area contributed by atoms with Gasteiger partial charge >= 0.3 is 0 Å². The molecule has 0 saturated carbocycles. The number of hydrogen-bond acceptors (Lipinski definition) is 3. The van der Waals surface area contributed by atoms with Gasteiger partial charge in [-0.3, -0.25) is 4.79 Å². The van der Waals surface area contributed by atoms with Gasteiger partial charge in [0.2, 0.25) is 5.91 Å². The molecular weight excluding hydrogens is 264 g/mol. The summed E-state index contributed by atoms with van der Waals surface area (Å²) in [5.74, 6) is 1.10. The van der Waals surface area contributed by atoms with Crippen molar-refractivity contribution in [2.24, 2.45) is 5.41 Å². The highest BCUT2D eigenvalue weighted by Crippen LogP contribution is 2.32. The van der Waals surface area contributed by atoms with E-state index >= 15 is 0 Å². The SMILES string of the molecule is CCC1(C(=O)NCCCOc2ccccc2)CCNCC1. The molecule has 1 heterocycles. The maximum atomic E-state index is 12.4. The second-order valence-corrected chi connectivity index (χ2v) is 5.65. The zero-order valence-electron chi connectivity index (χ0n) is 12.9. The molecule has 0 unspecified atom stereocenters. The zero-order valence-corrected chi connectivity index (χ0v) is 12.9. The fourth-order valence-electron chi connectivity index (χ4n) is 2.81. The van der Waals surface area contributed by atoms with E-state index in [4.69, 9.17) is 4.74 Å². The summed E-state index contributed by atoms with van der Waals surface area (Å²) in [7, 11) is 0. The van der Waals surface area contributed by atoms with Crippen molar-refractivity contribution in [1.82, 2.24) is 10.6 Å². The highest BCUT2D eigenvalue weighted by Gasteiger charge is 2.37. The van der Waals surface area contributed by atoms with Crippen LogP contribution in [-0.2, 0) is 4.79 Å². The summed E-state index contributed by atoms with van der Waals surface area (Å²) in [6.45, 7) is 5.31. The van der Waals surface area contributed by atoms with Gasteiger partial charge in [-0.25, -0.2) is 0 Å². The van der Waals surface area contributed by atoms with Gasteiger partial charge in [-0.05, 0) is 50.9 Å². The second kappa shape index (κ2) is 8.03. The molecule has 1 amide bonds. The van der Waals surface area contributed by atoms with Crippen molar-refractivity contribution in [2.75, 3.05) is 26.2 Å². The van der Waals surface area contributed by atoms with Gasteiger partial charge in [0.25, 0.3) is 0 Å². The van der Waals surface area contributed by atoms with Crippen LogP contribution in [0.2, 0.25) is 0 Å². The van der Waals surface area contributed by atoms with Crippen molar-refractivity contribution in [3.8, 4) is 5.75 Å². The Labute approximate surface area is 127 Å². The van der Waals surface area contributed by atoms with E-state index in [9.17, 15) is 4.79 Å². The number of rotatable bonds is 7. The molecule has 1 aliphatic rings. The van der Waals surface area contributed by atoms with E-state index in [1.807, 2.05) is 30.3 Å². The first kappa shape index (κ1) is 15.8. The molecule has 2 rings (SSSR count). The number of carbonyl (C=O) groups excluding carboxylic acids is 1. The van der Waals surface area contributed by atoms with E-state index < -0.39 is 0 Å². The molecular formula is C17H26N2O2. The first-order chi connectivity index (χ1) is 10.3. The normalized spacial score (nSPS) is 17.2. The van der Waals surface area contributed by atoms with E-state index in [1.165, 1.54) is 0 Å². The molecule has 116 valence electrons. The van der Waals surface area contributed by atoms with Gasteiger partial charge in [0.15, 0.2) is 0 Å². The number of piperidine rings is 1. The Bertz CT molecular complexity index is 428. The van der Waals surface area contributed by atoms with Crippen molar-refractivity contribution >= 4 is 5.91 Å². The van der Waals surface area contributed by atoms with Gasteiger partial charge in [0.1, 0.15) is 5.75 Å². The maximum Gasteiger partial charge on any atom is 0.226 e. The molecule has 0 bridgehead atoms. The number of amides is 1. The van der Waals surface area contributed by atoms with Crippen LogP contribution >= 0.6 is 0 Å². The number of hydrogen-bond donors (Lipinski definition) is 2. The summed E-state index contributed by atoms with van der Waals surface area (Å²) in [5.41, 5.74) is -0.161. The summed E-state index contributed by atoms with van der Waals surface area (Å²) in [6, 6.07) is 9.77. The lowest BCUT2D eigenvalue weighted by atomic mass is 9.76. The molecule has 4 nitrogen and oxygen atoms in total. The third-order valence-corrected chi connectivity index (χ3v) is 4.34. The van der Waals surface area contributed by atoms with Crippen molar-refractivity contribution in [3.05, 3.63) is 30.3 Å².